The van der Waals surface area contributed by atoms with Crippen molar-refractivity contribution in [1.82, 2.24) is 10.2 Å². The van der Waals surface area contributed by atoms with Crippen LogP contribution < -0.4 is 5.32 Å². The molecule has 1 saturated heterocycles. The number of likely N-dealkylation sites (N-methyl/N-ethyl adjacent to an activating group) is 1. The summed E-state index contributed by atoms with van der Waals surface area (Å²) in [4.78, 5) is 23.5. The number of hydrogen-bond acceptors (Lipinski definition) is 3. The fourth-order valence-electron chi connectivity index (χ4n) is 1.45. The summed E-state index contributed by atoms with van der Waals surface area (Å²) in [6.07, 6.45) is 1.60. The van der Waals surface area contributed by atoms with Gasteiger partial charge < -0.3 is 15.0 Å². The molecule has 0 aliphatic carbocycles. The van der Waals surface area contributed by atoms with Crippen LogP contribution in [-0.2, 0) is 9.59 Å². The first-order valence-corrected chi connectivity index (χ1v) is 4.13. The van der Waals surface area contributed by atoms with Gasteiger partial charge in [0.1, 0.15) is 6.29 Å². The van der Waals surface area contributed by atoms with Gasteiger partial charge in [0, 0.05) is 6.54 Å². The van der Waals surface area contributed by atoms with E-state index in [0.29, 0.717) is 6.54 Å². The molecule has 1 aliphatic rings. The van der Waals surface area contributed by atoms with Crippen molar-refractivity contribution >= 4 is 12.2 Å². The van der Waals surface area contributed by atoms with Gasteiger partial charge in [0.2, 0.25) is 5.91 Å². The van der Waals surface area contributed by atoms with E-state index in [1.807, 2.05) is 0 Å². The van der Waals surface area contributed by atoms with Crippen molar-refractivity contribution in [2.24, 2.45) is 0 Å². The number of aldehydes is 1. The van der Waals surface area contributed by atoms with Gasteiger partial charge in [-0.2, -0.15) is 0 Å². The lowest BCUT2D eigenvalue weighted by Crippen LogP contribution is -2.41. The first kappa shape index (κ1) is 9.19. The van der Waals surface area contributed by atoms with E-state index in [-0.39, 0.29) is 18.0 Å². The van der Waals surface area contributed by atoms with E-state index in [2.05, 4.69) is 5.32 Å². The molecule has 0 aromatic carbocycles. The quantitative estimate of drug-likeness (QED) is 0.575. The van der Waals surface area contributed by atoms with Crippen LogP contribution in [0.4, 0.5) is 0 Å². The van der Waals surface area contributed by atoms with E-state index in [1.54, 1.807) is 18.9 Å². The summed E-state index contributed by atoms with van der Waals surface area (Å²) < 4.78 is 0. The number of carbonyl (C=O) groups excluding carboxylic acids is 2. The van der Waals surface area contributed by atoms with Crippen LogP contribution in [0, 0.1) is 0 Å². The standard InChI is InChI=1S/C8H14N2O2/c1-6(5-11)10-4-3-7(9-2)8(10)12/h5-7,9H,3-4H2,1-2H3/t6-,7+/m0/s1. The minimum atomic E-state index is -0.282. The third-order valence-electron chi connectivity index (χ3n) is 2.28. The topological polar surface area (TPSA) is 49.4 Å². The third kappa shape index (κ3) is 1.48. The second-order valence-corrected chi connectivity index (χ2v) is 3.04. The third-order valence-corrected chi connectivity index (χ3v) is 2.28. The molecule has 1 fully saturated rings. The predicted molar refractivity (Wildman–Crippen MR) is 44.7 cm³/mol. The van der Waals surface area contributed by atoms with Crippen LogP contribution in [0.5, 0.6) is 0 Å². The first-order valence-electron chi connectivity index (χ1n) is 4.13. The Morgan fingerprint density at radius 1 is 1.75 bits per heavy atom. The lowest BCUT2D eigenvalue weighted by molar-refractivity contribution is -0.133. The summed E-state index contributed by atoms with van der Waals surface area (Å²) in [7, 11) is 1.76. The summed E-state index contributed by atoms with van der Waals surface area (Å²) in [5.74, 6) is 0.0390. The minimum Gasteiger partial charge on any atom is -0.332 e. The maximum Gasteiger partial charge on any atom is 0.240 e. The Kier molecular flexibility index (Phi) is 2.81. The van der Waals surface area contributed by atoms with Crippen LogP contribution in [-0.4, -0.2) is 42.8 Å². The molecule has 12 heavy (non-hydrogen) atoms. The van der Waals surface area contributed by atoms with Crippen LogP contribution in [0.15, 0.2) is 0 Å². The summed E-state index contributed by atoms with van der Waals surface area (Å²) in [5.41, 5.74) is 0. The maximum absolute atomic E-state index is 11.4. The van der Waals surface area contributed by atoms with E-state index in [4.69, 9.17) is 0 Å². The average molecular weight is 170 g/mol. The maximum atomic E-state index is 11.4. The van der Waals surface area contributed by atoms with Gasteiger partial charge in [-0.3, -0.25) is 4.79 Å². The number of likely N-dealkylation sites (tertiary alicyclic amines) is 1. The van der Waals surface area contributed by atoms with E-state index in [0.717, 1.165) is 12.7 Å². The zero-order valence-corrected chi connectivity index (χ0v) is 7.41. The second kappa shape index (κ2) is 3.67. The van der Waals surface area contributed by atoms with Crippen molar-refractivity contribution < 1.29 is 9.59 Å². The minimum absolute atomic E-state index is 0.0390. The normalized spacial score (nSPS) is 26.0. The van der Waals surface area contributed by atoms with E-state index < -0.39 is 0 Å². The molecule has 4 heteroatoms. The summed E-state index contributed by atoms with van der Waals surface area (Å²) >= 11 is 0. The molecule has 0 spiro atoms. The van der Waals surface area contributed by atoms with Gasteiger partial charge in [-0.25, -0.2) is 0 Å². The zero-order valence-electron chi connectivity index (χ0n) is 7.41. The van der Waals surface area contributed by atoms with Crippen molar-refractivity contribution in [3.05, 3.63) is 0 Å². The smallest absolute Gasteiger partial charge is 0.240 e. The Labute approximate surface area is 71.9 Å². The monoisotopic (exact) mass is 170 g/mol. The molecule has 0 saturated carbocycles. The van der Waals surface area contributed by atoms with Crippen molar-refractivity contribution in [3.8, 4) is 0 Å². The van der Waals surface area contributed by atoms with Gasteiger partial charge in [-0.15, -0.1) is 0 Å². The van der Waals surface area contributed by atoms with Crippen LogP contribution in [0.2, 0.25) is 0 Å². The lowest BCUT2D eigenvalue weighted by atomic mass is 10.2. The van der Waals surface area contributed by atoms with E-state index in [1.165, 1.54) is 0 Å². The molecule has 4 nitrogen and oxygen atoms in total. The fourth-order valence-corrected chi connectivity index (χ4v) is 1.45. The SMILES string of the molecule is CN[C@@H]1CCN([C@@H](C)C=O)C1=O. The zero-order chi connectivity index (χ0) is 9.14. The molecule has 0 radical (unpaired) electrons. The van der Waals surface area contributed by atoms with E-state index in [9.17, 15) is 9.59 Å². The number of nitrogens with one attached hydrogen (secondary N) is 1. The molecular formula is C8H14N2O2. The molecule has 0 aromatic heterocycles. The van der Waals surface area contributed by atoms with Crippen molar-refractivity contribution in [2.45, 2.75) is 25.4 Å². The second-order valence-electron chi connectivity index (χ2n) is 3.04. The van der Waals surface area contributed by atoms with Crippen LogP contribution in [0.3, 0.4) is 0 Å². The fraction of sp³-hybridized carbons (Fsp3) is 0.750. The summed E-state index contributed by atoms with van der Waals surface area (Å²) in [6, 6.07) is -0.372. The molecule has 0 aromatic rings. The van der Waals surface area contributed by atoms with Crippen LogP contribution >= 0.6 is 0 Å². The Morgan fingerprint density at radius 2 is 2.42 bits per heavy atom. The number of rotatable bonds is 3. The van der Waals surface area contributed by atoms with Crippen molar-refractivity contribution in [2.75, 3.05) is 13.6 Å². The molecule has 68 valence electrons. The highest BCUT2D eigenvalue weighted by molar-refractivity contribution is 5.86. The van der Waals surface area contributed by atoms with Gasteiger partial charge in [0.05, 0.1) is 12.1 Å². The molecule has 0 bridgehead atoms. The number of amides is 1. The van der Waals surface area contributed by atoms with Crippen molar-refractivity contribution in [1.29, 1.82) is 0 Å². The highest BCUT2D eigenvalue weighted by Gasteiger charge is 2.32. The lowest BCUT2D eigenvalue weighted by Gasteiger charge is -2.19. The largest absolute Gasteiger partial charge is 0.332 e. The Balaban J connectivity index is 2.60. The van der Waals surface area contributed by atoms with Gasteiger partial charge in [-0.05, 0) is 20.4 Å². The number of nitrogens with zero attached hydrogens (tertiary/aromatic N) is 1. The number of hydrogen-bond donors (Lipinski definition) is 1. The van der Waals surface area contributed by atoms with Gasteiger partial charge in [0.25, 0.3) is 0 Å². The highest BCUT2D eigenvalue weighted by atomic mass is 16.2. The van der Waals surface area contributed by atoms with Crippen LogP contribution in [0.25, 0.3) is 0 Å². The van der Waals surface area contributed by atoms with Gasteiger partial charge >= 0.3 is 0 Å². The molecule has 1 rings (SSSR count). The highest BCUT2D eigenvalue weighted by Crippen LogP contribution is 2.12. The van der Waals surface area contributed by atoms with Gasteiger partial charge in [-0.1, -0.05) is 0 Å². The average Bonchev–Trinajstić information content (AvgIpc) is 2.45. The molecular weight excluding hydrogens is 156 g/mol. The summed E-state index contributed by atoms with van der Waals surface area (Å²) in [5, 5.41) is 2.92. The molecule has 1 amide bonds. The Morgan fingerprint density at radius 3 is 2.83 bits per heavy atom. The molecule has 1 aliphatic heterocycles. The first-order chi connectivity index (χ1) is 5.70. The molecule has 2 atom stereocenters. The Hall–Kier alpha value is -0.900. The van der Waals surface area contributed by atoms with Crippen LogP contribution in [0.1, 0.15) is 13.3 Å². The van der Waals surface area contributed by atoms with E-state index >= 15 is 0 Å². The van der Waals surface area contributed by atoms with Crippen molar-refractivity contribution in [3.63, 3.8) is 0 Å². The molecule has 1 heterocycles. The Bertz CT molecular complexity index is 193. The predicted octanol–water partition coefficient (Wildman–Crippen LogP) is -0.606. The van der Waals surface area contributed by atoms with Gasteiger partial charge in [0.15, 0.2) is 0 Å². The molecule has 1 N–H and O–H groups in total. The number of carbonyl (C=O) groups is 2. The summed E-state index contributed by atoms with van der Waals surface area (Å²) in [6.45, 7) is 2.42. The molecule has 0 unspecified atom stereocenters.